The van der Waals surface area contributed by atoms with Crippen LogP contribution in [0.15, 0.2) is 0 Å². The van der Waals surface area contributed by atoms with Crippen LogP contribution in [0.2, 0.25) is 0 Å². The van der Waals surface area contributed by atoms with Gasteiger partial charge in [0.1, 0.15) is 5.88 Å². The van der Waals surface area contributed by atoms with Crippen LogP contribution in [0.25, 0.3) is 0 Å². The van der Waals surface area contributed by atoms with Crippen LogP contribution >= 0.6 is 11.6 Å². The molecule has 1 saturated carbocycles. The minimum Gasteiger partial charge on any atom is -0.354 e. The van der Waals surface area contributed by atoms with Crippen molar-refractivity contribution in [1.29, 1.82) is 0 Å². The lowest BCUT2D eigenvalue weighted by Gasteiger charge is -2.31. The van der Waals surface area contributed by atoms with Gasteiger partial charge < -0.3 is 10.2 Å². The molecule has 1 aliphatic carbocycles. The minimum atomic E-state index is -0.0753. The van der Waals surface area contributed by atoms with E-state index in [1.54, 1.807) is 0 Å². The molecule has 1 amide bonds. The average Bonchev–Trinajstić information content (AvgIpc) is 2.29. The number of halogens is 1. The average molecular weight is 233 g/mol. The largest absolute Gasteiger partial charge is 0.354 e. The maximum absolute atomic E-state index is 10.9. The number of carbonyl (C=O) groups is 1. The third kappa shape index (κ3) is 4.85. The summed E-state index contributed by atoms with van der Waals surface area (Å²) in [5.41, 5.74) is 0. The number of amides is 1. The molecule has 1 rings (SSSR count). The second-order valence-corrected chi connectivity index (χ2v) is 4.52. The van der Waals surface area contributed by atoms with E-state index in [2.05, 4.69) is 17.3 Å². The molecule has 0 aromatic heterocycles. The van der Waals surface area contributed by atoms with Crippen molar-refractivity contribution in [1.82, 2.24) is 10.2 Å². The highest BCUT2D eigenvalue weighted by Crippen LogP contribution is 2.20. The van der Waals surface area contributed by atoms with E-state index < -0.39 is 0 Å². The fourth-order valence-corrected chi connectivity index (χ4v) is 2.22. The molecule has 0 aliphatic heterocycles. The molecule has 0 unspecified atom stereocenters. The van der Waals surface area contributed by atoms with Crippen LogP contribution in [-0.4, -0.2) is 42.9 Å². The first-order chi connectivity index (χ1) is 7.24. The minimum absolute atomic E-state index is 0.0626. The lowest BCUT2D eigenvalue weighted by Crippen LogP contribution is -2.39. The fraction of sp³-hybridized carbons (Fsp3) is 0.909. The molecule has 3 nitrogen and oxygen atoms in total. The summed E-state index contributed by atoms with van der Waals surface area (Å²) in [6.07, 6.45) is 6.69. The van der Waals surface area contributed by atoms with Crippen molar-refractivity contribution in [3.8, 4) is 0 Å². The van der Waals surface area contributed by atoms with Gasteiger partial charge in [-0.3, -0.25) is 4.79 Å². The quantitative estimate of drug-likeness (QED) is 0.731. The van der Waals surface area contributed by atoms with Gasteiger partial charge in [-0.05, 0) is 19.9 Å². The molecule has 0 atom stereocenters. The monoisotopic (exact) mass is 232 g/mol. The van der Waals surface area contributed by atoms with Crippen molar-refractivity contribution in [2.45, 2.75) is 38.1 Å². The van der Waals surface area contributed by atoms with Crippen LogP contribution in [0, 0.1) is 0 Å². The van der Waals surface area contributed by atoms with Crippen LogP contribution in [0.3, 0.4) is 0 Å². The second kappa shape index (κ2) is 7.07. The number of nitrogens with one attached hydrogen (secondary N) is 1. The van der Waals surface area contributed by atoms with Crippen LogP contribution in [0.1, 0.15) is 32.1 Å². The smallest absolute Gasteiger partial charge is 0.234 e. The molecule has 0 radical (unpaired) electrons. The predicted octanol–water partition coefficient (Wildman–Crippen LogP) is 1.61. The van der Waals surface area contributed by atoms with Crippen molar-refractivity contribution in [2.24, 2.45) is 0 Å². The summed E-state index contributed by atoms with van der Waals surface area (Å²) in [5.74, 6) is -0.0126. The Bertz CT molecular complexity index is 193. The zero-order valence-corrected chi connectivity index (χ0v) is 10.2. The standard InChI is InChI=1S/C11H21ClN2O/c1-14(8-7-13-11(15)9-12)10-5-3-2-4-6-10/h10H,2-9H2,1H3,(H,13,15). The molecule has 0 spiro atoms. The van der Waals surface area contributed by atoms with Gasteiger partial charge in [-0.25, -0.2) is 0 Å². The summed E-state index contributed by atoms with van der Waals surface area (Å²) in [6.45, 7) is 1.63. The maximum Gasteiger partial charge on any atom is 0.234 e. The predicted molar refractivity (Wildman–Crippen MR) is 63.2 cm³/mol. The molecule has 0 aromatic carbocycles. The number of nitrogens with zero attached hydrogens (tertiary/aromatic N) is 1. The van der Waals surface area contributed by atoms with Gasteiger partial charge in [0, 0.05) is 19.1 Å². The fourth-order valence-electron chi connectivity index (χ4n) is 2.12. The van der Waals surface area contributed by atoms with Crippen LogP contribution in [0.5, 0.6) is 0 Å². The summed E-state index contributed by atoms with van der Waals surface area (Å²) < 4.78 is 0. The van der Waals surface area contributed by atoms with E-state index in [9.17, 15) is 4.79 Å². The molecule has 15 heavy (non-hydrogen) atoms. The van der Waals surface area contributed by atoms with Gasteiger partial charge in [-0.1, -0.05) is 19.3 Å². The maximum atomic E-state index is 10.9. The Kier molecular flexibility index (Phi) is 6.03. The number of rotatable bonds is 5. The number of hydrogen-bond acceptors (Lipinski definition) is 2. The molecule has 0 saturated heterocycles. The number of carbonyl (C=O) groups excluding carboxylic acids is 1. The first-order valence-electron chi connectivity index (χ1n) is 5.77. The molecule has 0 aromatic rings. The van der Waals surface area contributed by atoms with Crippen LogP contribution in [-0.2, 0) is 4.79 Å². The third-order valence-corrected chi connectivity index (χ3v) is 3.35. The van der Waals surface area contributed by atoms with Gasteiger partial charge in [0.2, 0.25) is 5.91 Å². The Hall–Kier alpha value is -0.280. The lowest BCUT2D eigenvalue weighted by molar-refractivity contribution is -0.118. The number of likely N-dealkylation sites (N-methyl/N-ethyl adjacent to an activating group) is 1. The van der Waals surface area contributed by atoms with E-state index in [4.69, 9.17) is 11.6 Å². The summed E-state index contributed by atoms with van der Waals surface area (Å²) in [6, 6.07) is 0.714. The first-order valence-corrected chi connectivity index (χ1v) is 6.30. The number of alkyl halides is 1. The Labute approximate surface area is 97.2 Å². The van der Waals surface area contributed by atoms with Gasteiger partial charge in [0.15, 0.2) is 0 Å². The molecule has 88 valence electrons. The van der Waals surface area contributed by atoms with Crippen molar-refractivity contribution in [3.63, 3.8) is 0 Å². The van der Waals surface area contributed by atoms with Crippen molar-refractivity contribution < 1.29 is 4.79 Å². The van der Waals surface area contributed by atoms with Gasteiger partial charge >= 0.3 is 0 Å². The van der Waals surface area contributed by atoms with Crippen molar-refractivity contribution in [2.75, 3.05) is 26.0 Å². The highest BCUT2D eigenvalue weighted by Gasteiger charge is 2.17. The highest BCUT2D eigenvalue weighted by atomic mass is 35.5. The lowest BCUT2D eigenvalue weighted by atomic mass is 9.94. The van der Waals surface area contributed by atoms with E-state index in [0.717, 1.165) is 6.54 Å². The topological polar surface area (TPSA) is 32.3 Å². The summed E-state index contributed by atoms with van der Waals surface area (Å²) in [5, 5.41) is 2.79. The summed E-state index contributed by atoms with van der Waals surface area (Å²) in [4.78, 5) is 13.3. The van der Waals surface area contributed by atoms with E-state index in [0.29, 0.717) is 12.6 Å². The molecular formula is C11H21ClN2O. The van der Waals surface area contributed by atoms with Gasteiger partial charge in [0.05, 0.1) is 0 Å². The summed E-state index contributed by atoms with van der Waals surface area (Å²) >= 11 is 5.39. The van der Waals surface area contributed by atoms with E-state index in [1.165, 1.54) is 32.1 Å². The van der Waals surface area contributed by atoms with Gasteiger partial charge in [-0.15, -0.1) is 11.6 Å². The second-order valence-electron chi connectivity index (χ2n) is 4.26. The third-order valence-electron chi connectivity index (χ3n) is 3.11. The molecule has 0 heterocycles. The van der Waals surface area contributed by atoms with Crippen LogP contribution in [0.4, 0.5) is 0 Å². The zero-order valence-electron chi connectivity index (χ0n) is 9.47. The molecule has 1 aliphatic rings. The van der Waals surface area contributed by atoms with Gasteiger partial charge in [-0.2, -0.15) is 0 Å². The molecule has 1 fully saturated rings. The SMILES string of the molecule is CN(CCNC(=O)CCl)C1CCCCC1. The van der Waals surface area contributed by atoms with Crippen LogP contribution < -0.4 is 5.32 Å². The molecule has 0 bridgehead atoms. The van der Waals surface area contributed by atoms with E-state index in [-0.39, 0.29) is 11.8 Å². The zero-order chi connectivity index (χ0) is 11.1. The Balaban J connectivity index is 2.11. The van der Waals surface area contributed by atoms with Gasteiger partial charge in [0.25, 0.3) is 0 Å². The first kappa shape index (κ1) is 12.8. The van der Waals surface area contributed by atoms with E-state index >= 15 is 0 Å². The molecule has 4 heteroatoms. The van der Waals surface area contributed by atoms with Crippen molar-refractivity contribution in [3.05, 3.63) is 0 Å². The Morgan fingerprint density at radius 1 is 1.40 bits per heavy atom. The number of hydrogen-bond donors (Lipinski definition) is 1. The Morgan fingerprint density at radius 2 is 2.07 bits per heavy atom. The van der Waals surface area contributed by atoms with Crippen molar-refractivity contribution >= 4 is 17.5 Å². The molecule has 1 N–H and O–H groups in total. The van der Waals surface area contributed by atoms with E-state index in [1.807, 2.05) is 0 Å². The normalized spacial score (nSPS) is 18.1. The Morgan fingerprint density at radius 3 is 2.67 bits per heavy atom. The summed E-state index contributed by atoms with van der Waals surface area (Å²) in [7, 11) is 2.14. The highest BCUT2D eigenvalue weighted by molar-refractivity contribution is 6.27. The molecular weight excluding hydrogens is 212 g/mol.